The molecule has 0 saturated heterocycles. The van der Waals surface area contributed by atoms with E-state index in [1.54, 1.807) is 0 Å². The number of unbranched alkanes of at least 4 members (excludes halogenated alkanes) is 2. The van der Waals surface area contributed by atoms with Gasteiger partial charge >= 0.3 is 79.9 Å². The fourth-order valence-electron chi connectivity index (χ4n) is 1.29. The van der Waals surface area contributed by atoms with E-state index in [2.05, 4.69) is 37.1 Å². The van der Waals surface area contributed by atoms with Crippen LogP contribution in [0.25, 0.3) is 0 Å². The van der Waals surface area contributed by atoms with Crippen molar-refractivity contribution in [2.24, 2.45) is 0 Å². The summed E-state index contributed by atoms with van der Waals surface area (Å²) in [7, 11) is 0. The Labute approximate surface area is 80.2 Å². The Morgan fingerprint density at radius 2 is 1.36 bits per heavy atom. The molecule has 62 valence electrons. The monoisotopic (exact) mass is 168 g/mol. The van der Waals surface area contributed by atoms with Gasteiger partial charge in [-0.05, 0) is 0 Å². The maximum absolute atomic E-state index is 3.02. The van der Waals surface area contributed by atoms with Crippen molar-refractivity contribution in [3.05, 3.63) is 0 Å². The molecule has 0 nitrogen and oxygen atoms in total. The second-order valence-corrected chi connectivity index (χ2v) is 5.25. The fraction of sp³-hybridized carbons (Fsp3) is 1.00. The van der Waals surface area contributed by atoms with Crippen LogP contribution >= 0.6 is 0 Å². The van der Waals surface area contributed by atoms with Crippen LogP contribution in [0.4, 0.5) is 0 Å². The Kier molecular flexibility index (Phi) is 6.39. The molecule has 0 atom stereocenters. The van der Waals surface area contributed by atoms with Crippen molar-refractivity contribution in [1.82, 2.24) is 0 Å². The summed E-state index contributed by atoms with van der Waals surface area (Å²) in [6.07, 6.45) is 8.15. The minimum atomic E-state index is 0.520. The van der Waals surface area contributed by atoms with E-state index in [1.807, 2.05) is 0 Å². The van der Waals surface area contributed by atoms with Crippen molar-refractivity contribution >= 4 is 16.3 Å². The van der Waals surface area contributed by atoms with Crippen LogP contribution in [0.2, 0.25) is 4.28 Å². The summed E-state index contributed by atoms with van der Waals surface area (Å²) in [5.41, 5.74) is 0. The van der Waals surface area contributed by atoms with Crippen LogP contribution in [0.1, 0.15) is 59.3 Å². The Balaban J connectivity index is 3.43. The van der Waals surface area contributed by atoms with Crippen molar-refractivity contribution in [2.75, 3.05) is 0 Å². The summed E-state index contributed by atoms with van der Waals surface area (Å²) < 4.78 is 0.520. The van der Waals surface area contributed by atoms with Gasteiger partial charge in [-0.2, -0.15) is 0 Å². The normalized spacial score (nSPS) is 12.1. The molecule has 0 amide bonds. The first kappa shape index (κ1) is 11.5. The van der Waals surface area contributed by atoms with Crippen molar-refractivity contribution < 1.29 is 0 Å². The molecule has 1 heteroatoms. The zero-order valence-corrected chi connectivity index (χ0v) is 9.47. The third kappa shape index (κ3) is 6.91. The number of hydrogen-bond acceptors (Lipinski definition) is 0. The summed E-state index contributed by atoms with van der Waals surface area (Å²) in [6, 6.07) is 0. The number of rotatable bonds is 6. The van der Waals surface area contributed by atoms with Gasteiger partial charge in [-0.15, -0.1) is 0 Å². The Morgan fingerprint density at radius 1 is 1.00 bits per heavy atom. The summed E-state index contributed by atoms with van der Waals surface area (Å²) >= 11 is 3.02. The molecule has 0 aromatic rings. The van der Waals surface area contributed by atoms with Gasteiger partial charge in [-0.1, -0.05) is 0 Å². The van der Waals surface area contributed by atoms with Crippen LogP contribution in [0.3, 0.4) is 0 Å². The molecular weight excluding hydrogens is 147 g/mol. The van der Waals surface area contributed by atoms with E-state index < -0.39 is 0 Å². The van der Waals surface area contributed by atoms with Crippen molar-refractivity contribution in [2.45, 2.75) is 63.6 Å². The van der Waals surface area contributed by atoms with Gasteiger partial charge in [0.1, 0.15) is 0 Å². The molecule has 0 heterocycles. The Hall–Kier alpha value is 0.532. The minimum absolute atomic E-state index is 0.520. The Morgan fingerprint density at radius 3 is 1.64 bits per heavy atom. The molecule has 0 aromatic heterocycles. The maximum atomic E-state index is 3.02. The van der Waals surface area contributed by atoms with E-state index in [4.69, 9.17) is 0 Å². The summed E-state index contributed by atoms with van der Waals surface area (Å²) in [6.45, 7) is 6.89. The number of hydrogen-bond donors (Lipinski definition) is 0. The second kappa shape index (κ2) is 6.09. The molecule has 0 aliphatic rings. The molecule has 0 aliphatic heterocycles. The van der Waals surface area contributed by atoms with E-state index in [1.165, 1.54) is 38.5 Å². The van der Waals surface area contributed by atoms with E-state index >= 15 is 0 Å². The molecule has 0 fully saturated rings. The predicted octanol–water partition coefficient (Wildman–Crippen LogP) is 3.71. The first-order chi connectivity index (χ1) is 5.12. The van der Waals surface area contributed by atoms with E-state index in [-0.39, 0.29) is 0 Å². The molecule has 0 unspecified atom stereocenters. The van der Waals surface area contributed by atoms with Crippen LogP contribution in [-0.4, -0.2) is 16.3 Å². The average molecular weight is 168 g/mol. The molecular formula is C10H21Al+2. The predicted molar refractivity (Wildman–Crippen MR) is 53.2 cm³/mol. The van der Waals surface area contributed by atoms with Crippen molar-refractivity contribution in [1.29, 1.82) is 0 Å². The van der Waals surface area contributed by atoms with Crippen molar-refractivity contribution in [3.8, 4) is 0 Å². The zero-order chi connectivity index (χ0) is 8.74. The Bertz CT molecular complexity index is 76.9. The van der Waals surface area contributed by atoms with Crippen LogP contribution in [0.5, 0.6) is 0 Å². The average Bonchev–Trinajstić information content (AvgIpc) is 1.97. The zero-order valence-electron chi connectivity index (χ0n) is 8.32. The van der Waals surface area contributed by atoms with E-state index in [9.17, 15) is 0 Å². The van der Waals surface area contributed by atoms with E-state index in [0.717, 1.165) is 0 Å². The third-order valence-electron chi connectivity index (χ3n) is 2.20. The van der Waals surface area contributed by atoms with Gasteiger partial charge in [0.15, 0.2) is 0 Å². The standard InChI is InChI=1S/C10H21.Al/c1-4-6-8-10(3)9-7-5-2;/h4-9H2,1-3H3;/q;+2. The first-order valence-corrected chi connectivity index (χ1v) is 5.49. The third-order valence-corrected chi connectivity index (χ3v) is 2.78. The van der Waals surface area contributed by atoms with Gasteiger partial charge in [-0.25, -0.2) is 0 Å². The molecule has 0 saturated carbocycles. The van der Waals surface area contributed by atoms with Gasteiger partial charge in [0.2, 0.25) is 0 Å². The molecule has 0 aromatic carbocycles. The SMILES string of the molecule is CCCC[C](C)([Al+2])CCCC. The molecule has 0 aliphatic carbocycles. The molecule has 0 spiro atoms. The molecule has 0 N–H and O–H groups in total. The van der Waals surface area contributed by atoms with Crippen LogP contribution < -0.4 is 0 Å². The van der Waals surface area contributed by atoms with Gasteiger partial charge in [0.25, 0.3) is 0 Å². The van der Waals surface area contributed by atoms with Crippen LogP contribution in [-0.2, 0) is 0 Å². The van der Waals surface area contributed by atoms with Crippen molar-refractivity contribution in [3.63, 3.8) is 0 Å². The molecule has 0 rings (SSSR count). The topological polar surface area (TPSA) is 0 Å². The molecule has 0 bridgehead atoms. The first-order valence-electron chi connectivity index (χ1n) is 4.91. The van der Waals surface area contributed by atoms with Gasteiger partial charge in [0, 0.05) is 0 Å². The molecule has 11 heavy (non-hydrogen) atoms. The fourth-order valence-corrected chi connectivity index (χ4v) is 1.69. The van der Waals surface area contributed by atoms with Gasteiger partial charge < -0.3 is 0 Å². The van der Waals surface area contributed by atoms with Crippen LogP contribution in [0.15, 0.2) is 0 Å². The summed E-state index contributed by atoms with van der Waals surface area (Å²) in [5.74, 6) is 0. The quantitative estimate of drug-likeness (QED) is 0.530. The summed E-state index contributed by atoms with van der Waals surface area (Å²) in [5, 5.41) is 0. The van der Waals surface area contributed by atoms with Crippen LogP contribution in [0, 0.1) is 0 Å². The van der Waals surface area contributed by atoms with Gasteiger partial charge in [0.05, 0.1) is 0 Å². The summed E-state index contributed by atoms with van der Waals surface area (Å²) in [4.78, 5) is 0. The van der Waals surface area contributed by atoms with E-state index in [0.29, 0.717) is 4.28 Å². The second-order valence-electron chi connectivity index (χ2n) is 3.86. The van der Waals surface area contributed by atoms with Gasteiger partial charge in [-0.3, -0.25) is 0 Å². The molecule has 0 radical (unpaired) electrons.